The average molecular weight is 326 g/mol. The number of aromatic nitrogens is 1. The van der Waals surface area contributed by atoms with Gasteiger partial charge in [-0.1, -0.05) is 6.07 Å². The summed E-state index contributed by atoms with van der Waals surface area (Å²) in [5.41, 5.74) is 2.19. The van der Waals surface area contributed by atoms with Gasteiger partial charge in [-0.2, -0.15) is 0 Å². The Bertz CT molecular complexity index is 768. The smallest absolute Gasteiger partial charge is 0.336 e. The number of hydrogen-bond acceptors (Lipinski definition) is 4. The van der Waals surface area contributed by atoms with Crippen LogP contribution in [0.2, 0.25) is 0 Å². The third kappa shape index (κ3) is 2.63. The van der Waals surface area contributed by atoms with Crippen molar-refractivity contribution in [3.05, 3.63) is 36.0 Å². The normalized spacial score (nSPS) is 24.4. The lowest BCUT2D eigenvalue weighted by molar-refractivity contribution is -0.00491. The Hall–Kier alpha value is -2.14. The summed E-state index contributed by atoms with van der Waals surface area (Å²) >= 11 is 0. The van der Waals surface area contributed by atoms with Crippen LogP contribution >= 0.6 is 0 Å². The van der Waals surface area contributed by atoms with E-state index in [1.807, 2.05) is 12.1 Å². The molecular weight excluding hydrogens is 304 g/mol. The number of anilines is 1. The number of carboxylic acid groups (broad SMARTS) is 1. The number of carbonyl (C=O) groups is 1. The molecule has 1 N–H and O–H groups in total. The molecule has 2 aromatic rings. The zero-order valence-electron chi connectivity index (χ0n) is 13.7. The Morgan fingerprint density at radius 3 is 2.83 bits per heavy atom. The van der Waals surface area contributed by atoms with Crippen molar-refractivity contribution < 1.29 is 14.6 Å². The third-order valence-corrected chi connectivity index (χ3v) is 5.40. The maximum absolute atomic E-state index is 11.5. The van der Waals surface area contributed by atoms with Gasteiger partial charge in [-0.25, -0.2) is 4.79 Å². The van der Waals surface area contributed by atoms with E-state index in [4.69, 9.17) is 4.74 Å². The summed E-state index contributed by atoms with van der Waals surface area (Å²) in [7, 11) is 0. The van der Waals surface area contributed by atoms with Gasteiger partial charge in [0, 0.05) is 31.3 Å². The van der Waals surface area contributed by atoms with Crippen molar-refractivity contribution in [3.8, 4) is 0 Å². The number of nitrogens with zero attached hydrogens (tertiary/aromatic N) is 2. The summed E-state index contributed by atoms with van der Waals surface area (Å²) in [6.07, 6.45) is 7.30. The van der Waals surface area contributed by atoms with E-state index in [9.17, 15) is 9.90 Å². The van der Waals surface area contributed by atoms with Gasteiger partial charge in [-0.3, -0.25) is 4.98 Å². The Labute approximate surface area is 141 Å². The van der Waals surface area contributed by atoms with E-state index >= 15 is 0 Å². The van der Waals surface area contributed by atoms with E-state index in [-0.39, 0.29) is 5.60 Å². The van der Waals surface area contributed by atoms with Crippen LogP contribution in [0.15, 0.2) is 30.5 Å². The number of rotatable bonds is 2. The van der Waals surface area contributed by atoms with Gasteiger partial charge in [0.1, 0.15) is 0 Å². The summed E-state index contributed by atoms with van der Waals surface area (Å²) in [5.74, 6) is -0.909. The minimum absolute atomic E-state index is 0.0684. The molecule has 5 nitrogen and oxygen atoms in total. The van der Waals surface area contributed by atoms with Crippen molar-refractivity contribution in [2.24, 2.45) is 0 Å². The number of hydrogen-bond donors (Lipinski definition) is 1. The van der Waals surface area contributed by atoms with Crippen LogP contribution in [0.1, 0.15) is 42.5 Å². The molecule has 2 saturated heterocycles. The minimum Gasteiger partial charge on any atom is -0.478 e. The van der Waals surface area contributed by atoms with E-state index in [0.29, 0.717) is 10.9 Å². The number of ether oxygens (including phenoxy) is 1. The largest absolute Gasteiger partial charge is 0.478 e. The highest BCUT2D eigenvalue weighted by molar-refractivity contribution is 6.06. The summed E-state index contributed by atoms with van der Waals surface area (Å²) in [6, 6.07) is 7.25. The summed E-state index contributed by atoms with van der Waals surface area (Å²) in [4.78, 5) is 18.3. The first-order valence-electron chi connectivity index (χ1n) is 8.69. The zero-order chi connectivity index (χ0) is 16.6. The number of aromatic carboxylic acids is 1. The second-order valence-corrected chi connectivity index (χ2v) is 6.81. The summed E-state index contributed by atoms with van der Waals surface area (Å²) in [6.45, 7) is 2.78. The van der Waals surface area contributed by atoms with Crippen LogP contribution < -0.4 is 4.90 Å². The predicted octanol–water partition coefficient (Wildman–Crippen LogP) is 3.47. The molecule has 1 aromatic heterocycles. The lowest BCUT2D eigenvalue weighted by atomic mass is 9.92. The fourth-order valence-electron chi connectivity index (χ4n) is 4.16. The first-order valence-corrected chi connectivity index (χ1v) is 8.69. The molecule has 0 amide bonds. The Balaban J connectivity index is 1.69. The summed E-state index contributed by atoms with van der Waals surface area (Å²) in [5, 5.41) is 10.1. The topological polar surface area (TPSA) is 62.7 Å². The molecule has 1 unspecified atom stereocenters. The maximum Gasteiger partial charge on any atom is 0.336 e. The molecule has 1 atom stereocenters. The van der Waals surface area contributed by atoms with Gasteiger partial charge < -0.3 is 14.7 Å². The van der Waals surface area contributed by atoms with Gasteiger partial charge in [0.2, 0.25) is 0 Å². The molecule has 0 aliphatic carbocycles. The Kier molecular flexibility index (Phi) is 3.88. The highest BCUT2D eigenvalue weighted by Gasteiger charge is 2.36. The van der Waals surface area contributed by atoms with Crippen molar-refractivity contribution in [1.29, 1.82) is 0 Å². The van der Waals surface area contributed by atoms with Gasteiger partial charge in [-0.15, -0.1) is 0 Å². The molecule has 126 valence electrons. The number of fused-ring (bicyclic) bond motifs is 1. The second kappa shape index (κ2) is 6.06. The third-order valence-electron chi connectivity index (χ3n) is 5.40. The first-order chi connectivity index (χ1) is 11.7. The molecule has 5 heteroatoms. The molecule has 0 saturated carbocycles. The van der Waals surface area contributed by atoms with Gasteiger partial charge >= 0.3 is 5.97 Å². The van der Waals surface area contributed by atoms with Gasteiger partial charge in [0.05, 0.1) is 22.4 Å². The molecule has 2 aliphatic heterocycles. The number of benzene rings is 1. The predicted molar refractivity (Wildman–Crippen MR) is 92.7 cm³/mol. The van der Waals surface area contributed by atoms with E-state index in [1.165, 1.54) is 0 Å². The highest BCUT2D eigenvalue weighted by atomic mass is 16.5. The van der Waals surface area contributed by atoms with Crippen LogP contribution in [0.3, 0.4) is 0 Å². The lowest BCUT2D eigenvalue weighted by Gasteiger charge is -2.28. The maximum atomic E-state index is 11.5. The van der Waals surface area contributed by atoms with Crippen LogP contribution in [-0.2, 0) is 4.74 Å². The second-order valence-electron chi connectivity index (χ2n) is 6.81. The quantitative estimate of drug-likeness (QED) is 0.915. The van der Waals surface area contributed by atoms with E-state index < -0.39 is 5.97 Å². The fraction of sp³-hybridized carbons (Fsp3) is 0.474. The molecular formula is C19H22N2O3. The monoisotopic (exact) mass is 326 g/mol. The zero-order valence-corrected chi connectivity index (χ0v) is 13.7. The van der Waals surface area contributed by atoms with Crippen LogP contribution in [0.4, 0.5) is 5.69 Å². The molecule has 0 radical (unpaired) electrons. The molecule has 1 aromatic carbocycles. The van der Waals surface area contributed by atoms with Crippen molar-refractivity contribution in [1.82, 2.24) is 4.98 Å². The highest BCUT2D eigenvalue weighted by Crippen LogP contribution is 2.37. The van der Waals surface area contributed by atoms with Crippen molar-refractivity contribution in [3.63, 3.8) is 0 Å². The van der Waals surface area contributed by atoms with E-state index in [2.05, 4.69) is 9.88 Å². The Morgan fingerprint density at radius 1 is 1.17 bits per heavy atom. The molecule has 4 rings (SSSR count). The first kappa shape index (κ1) is 15.4. The van der Waals surface area contributed by atoms with Crippen LogP contribution in [0.5, 0.6) is 0 Å². The molecule has 2 aliphatic rings. The van der Waals surface area contributed by atoms with Gasteiger partial charge in [0.15, 0.2) is 0 Å². The number of carboxylic acids is 1. The lowest BCUT2D eigenvalue weighted by Crippen LogP contribution is -2.30. The van der Waals surface area contributed by atoms with E-state index in [0.717, 1.165) is 63.0 Å². The molecule has 0 bridgehead atoms. The molecule has 2 fully saturated rings. The molecule has 3 heterocycles. The fourth-order valence-corrected chi connectivity index (χ4v) is 4.16. The number of pyridine rings is 1. The molecule has 24 heavy (non-hydrogen) atoms. The van der Waals surface area contributed by atoms with E-state index in [1.54, 1.807) is 18.3 Å². The van der Waals surface area contributed by atoms with Crippen molar-refractivity contribution in [2.45, 2.75) is 37.7 Å². The van der Waals surface area contributed by atoms with Crippen LogP contribution in [-0.4, -0.2) is 41.4 Å². The van der Waals surface area contributed by atoms with Gasteiger partial charge in [0.25, 0.3) is 0 Å². The Morgan fingerprint density at radius 2 is 2.04 bits per heavy atom. The molecule has 1 spiro atoms. The van der Waals surface area contributed by atoms with Crippen molar-refractivity contribution in [2.75, 3.05) is 24.6 Å². The van der Waals surface area contributed by atoms with Crippen LogP contribution in [0, 0.1) is 0 Å². The summed E-state index contributed by atoms with van der Waals surface area (Å²) < 4.78 is 6.06. The SMILES string of the molecule is O=C(O)c1ccc(N2CCCC3(CCCO3)CC2)c2ncccc12. The van der Waals surface area contributed by atoms with Gasteiger partial charge in [-0.05, 0) is 50.3 Å². The van der Waals surface area contributed by atoms with Crippen LogP contribution in [0.25, 0.3) is 10.9 Å². The average Bonchev–Trinajstić information content (AvgIpc) is 2.95. The standard InChI is InChI=1S/C19H22N2O3/c22-18(23)15-5-6-16(17-14(15)4-1-10-20-17)21-11-2-7-19(9-12-21)8-3-13-24-19/h1,4-6,10H,2-3,7-9,11-13H2,(H,22,23). The minimum atomic E-state index is -0.909. The van der Waals surface area contributed by atoms with Crippen molar-refractivity contribution >= 4 is 22.6 Å².